The topological polar surface area (TPSA) is 24.7 Å². The van der Waals surface area contributed by atoms with Crippen LogP contribution >= 0.6 is 0 Å². The van der Waals surface area contributed by atoms with E-state index in [1.54, 1.807) is 0 Å². The van der Waals surface area contributed by atoms with Gasteiger partial charge in [-0.1, -0.05) is 44.0 Å². The van der Waals surface area contributed by atoms with Gasteiger partial charge in [0.25, 0.3) is 0 Å². The Bertz CT molecular complexity index is 675. The van der Waals surface area contributed by atoms with E-state index in [4.69, 9.17) is 4.99 Å². The number of rotatable bonds is 7. The molecule has 0 amide bonds. The first kappa shape index (κ1) is 20.3. The molecule has 0 heterocycles. The number of para-hydroxylation sites is 1. The summed E-state index contributed by atoms with van der Waals surface area (Å²) in [5.74, 6) is 0. The third-order valence-corrected chi connectivity index (χ3v) is 3.92. The SMILES string of the molecule is CCCCCC(/C=N/c1ccc(C)c(C)c1)=N\c1ccccc1.[Ni]. The van der Waals surface area contributed by atoms with Crippen molar-refractivity contribution in [2.45, 2.75) is 46.5 Å². The summed E-state index contributed by atoms with van der Waals surface area (Å²) in [6.45, 7) is 6.46. The molecule has 0 saturated heterocycles. The van der Waals surface area contributed by atoms with Gasteiger partial charge in [0.05, 0.1) is 17.1 Å². The average Bonchev–Trinajstić information content (AvgIpc) is 2.56. The van der Waals surface area contributed by atoms with Crippen molar-refractivity contribution < 1.29 is 16.5 Å². The van der Waals surface area contributed by atoms with Crippen molar-refractivity contribution in [3.8, 4) is 0 Å². The molecule has 0 radical (unpaired) electrons. The quantitative estimate of drug-likeness (QED) is 0.310. The molecule has 0 aromatic heterocycles. The minimum Gasteiger partial charge on any atom is -0.255 e. The number of hydrogen-bond donors (Lipinski definition) is 0. The van der Waals surface area contributed by atoms with Crippen molar-refractivity contribution in [1.29, 1.82) is 0 Å². The number of aryl methyl sites for hydroxylation is 2. The van der Waals surface area contributed by atoms with Gasteiger partial charge in [-0.25, -0.2) is 0 Å². The van der Waals surface area contributed by atoms with Crippen LogP contribution in [0.15, 0.2) is 58.5 Å². The molecule has 3 heteroatoms. The smallest absolute Gasteiger partial charge is 0.0633 e. The molecule has 0 fully saturated rings. The van der Waals surface area contributed by atoms with Gasteiger partial charge in [0.15, 0.2) is 0 Å². The molecule has 0 N–H and O–H groups in total. The van der Waals surface area contributed by atoms with E-state index in [1.807, 2.05) is 36.5 Å². The van der Waals surface area contributed by atoms with Gasteiger partial charge in [-0.3, -0.25) is 9.98 Å². The molecule has 0 saturated carbocycles. The van der Waals surface area contributed by atoms with Crippen LogP contribution < -0.4 is 0 Å². The van der Waals surface area contributed by atoms with Crippen LogP contribution in [0.5, 0.6) is 0 Å². The molecule has 2 aromatic rings. The summed E-state index contributed by atoms with van der Waals surface area (Å²) in [6, 6.07) is 16.4. The monoisotopic (exact) mass is 364 g/mol. The Hall–Kier alpha value is -1.73. The molecule has 130 valence electrons. The molecular formula is C21H26N2Ni. The average molecular weight is 365 g/mol. The summed E-state index contributed by atoms with van der Waals surface area (Å²) in [6.07, 6.45) is 6.49. The number of hydrogen-bond acceptors (Lipinski definition) is 2. The van der Waals surface area contributed by atoms with Crippen LogP contribution in [-0.2, 0) is 16.5 Å². The maximum atomic E-state index is 4.75. The molecule has 24 heavy (non-hydrogen) atoms. The van der Waals surface area contributed by atoms with Crippen LogP contribution in [0.3, 0.4) is 0 Å². The number of benzene rings is 2. The predicted molar refractivity (Wildman–Crippen MR) is 102 cm³/mol. The van der Waals surface area contributed by atoms with Crippen LogP contribution in [0.25, 0.3) is 0 Å². The van der Waals surface area contributed by atoms with Gasteiger partial charge in [-0.15, -0.1) is 0 Å². The van der Waals surface area contributed by atoms with Crippen LogP contribution in [0.4, 0.5) is 11.4 Å². The van der Waals surface area contributed by atoms with Crippen LogP contribution in [-0.4, -0.2) is 11.9 Å². The predicted octanol–water partition coefficient (Wildman–Crippen LogP) is 6.36. The Morgan fingerprint density at radius 1 is 0.917 bits per heavy atom. The molecule has 0 aliphatic rings. The van der Waals surface area contributed by atoms with Crippen molar-refractivity contribution in [3.63, 3.8) is 0 Å². The van der Waals surface area contributed by atoms with E-state index in [0.717, 1.165) is 29.9 Å². The molecule has 0 bridgehead atoms. The van der Waals surface area contributed by atoms with E-state index in [2.05, 4.69) is 44.0 Å². The van der Waals surface area contributed by atoms with Crippen molar-refractivity contribution in [1.82, 2.24) is 0 Å². The second-order valence-electron chi connectivity index (χ2n) is 5.92. The van der Waals surface area contributed by atoms with Crippen LogP contribution in [0.1, 0.15) is 43.7 Å². The van der Waals surface area contributed by atoms with Gasteiger partial charge >= 0.3 is 0 Å². The molecule has 0 aliphatic heterocycles. The normalized spacial score (nSPS) is 11.5. The second kappa shape index (κ2) is 10.9. The summed E-state index contributed by atoms with van der Waals surface area (Å²) in [7, 11) is 0. The van der Waals surface area contributed by atoms with Gasteiger partial charge in [-0.05, 0) is 62.1 Å². The van der Waals surface area contributed by atoms with Gasteiger partial charge in [-0.2, -0.15) is 0 Å². The zero-order valence-electron chi connectivity index (χ0n) is 14.7. The van der Waals surface area contributed by atoms with E-state index < -0.39 is 0 Å². The van der Waals surface area contributed by atoms with Crippen LogP contribution in [0, 0.1) is 13.8 Å². The molecule has 2 aromatic carbocycles. The summed E-state index contributed by atoms with van der Waals surface area (Å²) in [5, 5.41) is 0. The number of nitrogens with zero attached hydrogens (tertiary/aromatic N) is 2. The largest absolute Gasteiger partial charge is 0.255 e. The van der Waals surface area contributed by atoms with Gasteiger partial charge in [0.1, 0.15) is 0 Å². The Morgan fingerprint density at radius 3 is 2.33 bits per heavy atom. The van der Waals surface area contributed by atoms with Gasteiger partial charge < -0.3 is 0 Å². The Morgan fingerprint density at radius 2 is 1.67 bits per heavy atom. The maximum absolute atomic E-state index is 4.75. The summed E-state index contributed by atoms with van der Waals surface area (Å²) in [4.78, 5) is 9.38. The van der Waals surface area contributed by atoms with Gasteiger partial charge in [0.2, 0.25) is 0 Å². The fraction of sp³-hybridized carbons (Fsp3) is 0.333. The van der Waals surface area contributed by atoms with E-state index in [0.29, 0.717) is 0 Å². The Balaban J connectivity index is 0.00000288. The molecule has 2 rings (SSSR count). The third kappa shape index (κ3) is 6.80. The summed E-state index contributed by atoms with van der Waals surface area (Å²) < 4.78 is 0. The minimum atomic E-state index is 0. The molecule has 0 aliphatic carbocycles. The first-order valence-corrected chi connectivity index (χ1v) is 8.43. The fourth-order valence-electron chi connectivity index (χ4n) is 2.33. The van der Waals surface area contributed by atoms with E-state index in [9.17, 15) is 0 Å². The number of aliphatic imine (C=N–C) groups is 2. The standard InChI is InChI=1S/C21H26N2.Ni/c1-4-5-7-12-21(23-19-10-8-6-9-11-19)16-22-20-14-13-17(2)18(3)15-20;/h6,8-11,13-16H,4-5,7,12H2,1-3H3;/b22-16+,23-21+;. The summed E-state index contributed by atoms with van der Waals surface area (Å²) in [5.41, 5.74) is 5.59. The Kier molecular flexibility index (Phi) is 9.26. The summed E-state index contributed by atoms with van der Waals surface area (Å²) >= 11 is 0. The first-order chi connectivity index (χ1) is 11.2. The molecule has 0 spiro atoms. The van der Waals surface area contributed by atoms with Gasteiger partial charge in [0, 0.05) is 22.7 Å². The van der Waals surface area contributed by atoms with E-state index in [1.165, 1.54) is 24.0 Å². The van der Waals surface area contributed by atoms with Crippen molar-refractivity contribution in [2.75, 3.05) is 0 Å². The van der Waals surface area contributed by atoms with Crippen molar-refractivity contribution >= 4 is 23.3 Å². The first-order valence-electron chi connectivity index (χ1n) is 8.43. The minimum absolute atomic E-state index is 0. The molecular weight excluding hydrogens is 339 g/mol. The third-order valence-electron chi connectivity index (χ3n) is 3.92. The van der Waals surface area contributed by atoms with E-state index in [-0.39, 0.29) is 16.5 Å². The molecule has 0 unspecified atom stereocenters. The van der Waals surface area contributed by atoms with Crippen molar-refractivity contribution in [3.05, 3.63) is 59.7 Å². The van der Waals surface area contributed by atoms with E-state index >= 15 is 0 Å². The maximum Gasteiger partial charge on any atom is 0.0633 e. The zero-order chi connectivity index (χ0) is 16.5. The number of unbranched alkanes of at least 4 members (excludes halogenated alkanes) is 2. The van der Waals surface area contributed by atoms with Crippen molar-refractivity contribution in [2.24, 2.45) is 9.98 Å². The fourth-order valence-corrected chi connectivity index (χ4v) is 2.33. The molecule has 2 nitrogen and oxygen atoms in total. The van der Waals surface area contributed by atoms with Crippen LogP contribution in [0.2, 0.25) is 0 Å². The molecule has 0 atom stereocenters. The Labute approximate surface area is 156 Å². The zero-order valence-corrected chi connectivity index (χ0v) is 15.7. The second-order valence-corrected chi connectivity index (χ2v) is 5.92.